The molecule has 0 N–H and O–H groups in total. The summed E-state index contributed by atoms with van der Waals surface area (Å²) in [6.07, 6.45) is 0. The molecule has 0 aliphatic heterocycles. The third-order valence-corrected chi connectivity index (χ3v) is 3.05. The molecule has 0 amide bonds. The van der Waals surface area contributed by atoms with Gasteiger partial charge in [0.15, 0.2) is 0 Å². The topological polar surface area (TPSA) is 82.1 Å². The van der Waals surface area contributed by atoms with Gasteiger partial charge in [-0.1, -0.05) is 35.0 Å². The number of aromatic nitrogens is 2. The zero-order valence-electron chi connectivity index (χ0n) is 10.6. The Kier molecular flexibility index (Phi) is 3.37. The van der Waals surface area contributed by atoms with Crippen molar-refractivity contribution in [1.82, 2.24) is 10.1 Å². The maximum absolute atomic E-state index is 10.8. The lowest BCUT2D eigenvalue weighted by molar-refractivity contribution is -0.384. The van der Waals surface area contributed by atoms with E-state index in [2.05, 4.69) is 10.1 Å². The lowest BCUT2D eigenvalue weighted by atomic mass is 10.2. The van der Waals surface area contributed by atoms with Crippen LogP contribution in [0.25, 0.3) is 22.8 Å². The number of nitro groups is 1. The van der Waals surface area contributed by atoms with Gasteiger partial charge in [-0.2, -0.15) is 4.98 Å². The molecule has 0 unspecified atom stereocenters. The Morgan fingerprint density at radius 2 is 1.86 bits per heavy atom. The van der Waals surface area contributed by atoms with Crippen molar-refractivity contribution in [2.24, 2.45) is 0 Å². The van der Waals surface area contributed by atoms with E-state index in [4.69, 9.17) is 16.1 Å². The summed E-state index contributed by atoms with van der Waals surface area (Å²) in [6.45, 7) is 0. The van der Waals surface area contributed by atoms with Crippen molar-refractivity contribution < 1.29 is 9.45 Å². The Balaban J connectivity index is 1.98. The first-order valence-electron chi connectivity index (χ1n) is 5.98. The molecule has 0 saturated carbocycles. The summed E-state index contributed by atoms with van der Waals surface area (Å²) in [6, 6.07) is 13.1. The van der Waals surface area contributed by atoms with E-state index in [0.29, 0.717) is 22.0 Å². The molecule has 0 radical (unpaired) electrons. The fraction of sp³-hybridized carbons (Fsp3) is 0. The zero-order valence-corrected chi connectivity index (χ0v) is 11.3. The van der Waals surface area contributed by atoms with Crippen molar-refractivity contribution >= 4 is 17.3 Å². The van der Waals surface area contributed by atoms with Gasteiger partial charge in [-0.05, 0) is 18.2 Å². The van der Waals surface area contributed by atoms with E-state index in [1.807, 2.05) is 0 Å². The Morgan fingerprint density at radius 1 is 1.10 bits per heavy atom. The first kappa shape index (κ1) is 13.3. The van der Waals surface area contributed by atoms with Gasteiger partial charge in [0.05, 0.1) is 4.92 Å². The number of nitro benzene ring substituents is 1. The van der Waals surface area contributed by atoms with Crippen LogP contribution in [-0.2, 0) is 0 Å². The number of hydrogen-bond donors (Lipinski definition) is 0. The van der Waals surface area contributed by atoms with E-state index in [1.165, 1.54) is 12.1 Å². The van der Waals surface area contributed by atoms with Crippen LogP contribution in [0.2, 0.25) is 5.02 Å². The molecule has 0 bridgehead atoms. The van der Waals surface area contributed by atoms with Crippen LogP contribution in [0.5, 0.6) is 0 Å². The molecule has 0 saturated heterocycles. The number of non-ortho nitro benzene ring substituents is 1. The molecule has 3 rings (SSSR count). The first-order valence-corrected chi connectivity index (χ1v) is 6.36. The Hall–Kier alpha value is -2.73. The summed E-state index contributed by atoms with van der Waals surface area (Å²) in [5.41, 5.74) is 1.18. The lowest BCUT2D eigenvalue weighted by Gasteiger charge is -1.95. The highest BCUT2D eigenvalue weighted by Gasteiger charge is 2.13. The Morgan fingerprint density at radius 3 is 2.62 bits per heavy atom. The Bertz CT molecular complexity index is 816. The number of halogens is 1. The molecule has 6 nitrogen and oxygen atoms in total. The molecule has 0 aliphatic rings. The van der Waals surface area contributed by atoms with E-state index in [0.717, 1.165) is 0 Å². The molecular weight excluding hydrogens is 294 g/mol. The molecule has 0 aliphatic carbocycles. The van der Waals surface area contributed by atoms with Gasteiger partial charge in [-0.3, -0.25) is 10.1 Å². The molecule has 0 atom stereocenters. The average molecular weight is 302 g/mol. The van der Waals surface area contributed by atoms with Gasteiger partial charge in [0.2, 0.25) is 5.82 Å². The third-order valence-electron chi connectivity index (χ3n) is 2.81. The van der Waals surface area contributed by atoms with Crippen molar-refractivity contribution in [3.8, 4) is 22.8 Å². The summed E-state index contributed by atoms with van der Waals surface area (Å²) in [5.74, 6) is 0.590. The van der Waals surface area contributed by atoms with Crippen LogP contribution in [0, 0.1) is 10.1 Å². The average Bonchev–Trinajstić information content (AvgIpc) is 2.97. The maximum Gasteiger partial charge on any atom is 0.270 e. The molecule has 0 spiro atoms. The van der Waals surface area contributed by atoms with Crippen LogP contribution in [0.4, 0.5) is 5.69 Å². The largest absolute Gasteiger partial charge is 0.334 e. The molecule has 7 heteroatoms. The normalized spacial score (nSPS) is 10.5. The van der Waals surface area contributed by atoms with Crippen molar-refractivity contribution in [2.75, 3.05) is 0 Å². The highest BCUT2D eigenvalue weighted by Crippen LogP contribution is 2.26. The lowest BCUT2D eigenvalue weighted by Crippen LogP contribution is -1.88. The van der Waals surface area contributed by atoms with Gasteiger partial charge >= 0.3 is 0 Å². The van der Waals surface area contributed by atoms with Gasteiger partial charge in [0.25, 0.3) is 11.6 Å². The second kappa shape index (κ2) is 5.34. The summed E-state index contributed by atoms with van der Waals surface area (Å²) < 4.78 is 5.17. The second-order valence-corrected chi connectivity index (χ2v) is 4.68. The van der Waals surface area contributed by atoms with Crippen LogP contribution >= 0.6 is 11.6 Å². The van der Waals surface area contributed by atoms with Gasteiger partial charge in [-0.15, -0.1) is 0 Å². The highest BCUT2D eigenvalue weighted by atomic mass is 35.5. The summed E-state index contributed by atoms with van der Waals surface area (Å²) in [7, 11) is 0. The molecule has 0 fully saturated rings. The van der Waals surface area contributed by atoms with Crippen LogP contribution in [0.1, 0.15) is 0 Å². The van der Waals surface area contributed by atoms with Crippen molar-refractivity contribution in [3.63, 3.8) is 0 Å². The Labute approximate surface area is 124 Å². The molecule has 2 aromatic carbocycles. The van der Waals surface area contributed by atoms with E-state index in [1.54, 1.807) is 36.4 Å². The zero-order chi connectivity index (χ0) is 14.8. The fourth-order valence-corrected chi connectivity index (χ4v) is 2.03. The summed E-state index contributed by atoms with van der Waals surface area (Å²) in [5, 5.41) is 15.2. The molecule has 1 heterocycles. The van der Waals surface area contributed by atoms with Gasteiger partial charge < -0.3 is 4.52 Å². The van der Waals surface area contributed by atoms with Gasteiger partial charge in [0, 0.05) is 28.3 Å². The summed E-state index contributed by atoms with van der Waals surface area (Å²) >= 11 is 5.91. The third kappa shape index (κ3) is 2.75. The minimum atomic E-state index is -0.471. The predicted octanol–water partition coefficient (Wildman–Crippen LogP) is 3.97. The molecule has 1 aromatic heterocycles. The molecule has 21 heavy (non-hydrogen) atoms. The van der Waals surface area contributed by atoms with Gasteiger partial charge in [-0.25, -0.2) is 0 Å². The fourth-order valence-electron chi connectivity index (χ4n) is 1.84. The first-order chi connectivity index (χ1) is 10.1. The van der Waals surface area contributed by atoms with Crippen LogP contribution in [0.3, 0.4) is 0 Å². The number of rotatable bonds is 3. The maximum atomic E-state index is 10.8. The van der Waals surface area contributed by atoms with E-state index >= 15 is 0 Å². The monoisotopic (exact) mass is 301 g/mol. The minimum Gasteiger partial charge on any atom is -0.334 e. The number of nitrogens with zero attached hydrogens (tertiary/aromatic N) is 3. The quantitative estimate of drug-likeness (QED) is 0.540. The standard InChI is InChI=1S/C14H8ClN3O3/c15-11-5-1-4-10(7-11)14-16-13(17-21-14)9-3-2-6-12(8-9)18(19)20/h1-8H. The van der Waals surface area contributed by atoms with Crippen molar-refractivity contribution in [2.45, 2.75) is 0 Å². The second-order valence-electron chi connectivity index (χ2n) is 4.24. The minimum absolute atomic E-state index is 0.0263. The number of benzene rings is 2. The SMILES string of the molecule is O=[N+]([O-])c1cccc(-c2noc(-c3cccc(Cl)c3)n2)c1. The van der Waals surface area contributed by atoms with Crippen LogP contribution in [0.15, 0.2) is 53.1 Å². The van der Waals surface area contributed by atoms with E-state index in [-0.39, 0.29) is 11.5 Å². The molecule has 3 aromatic rings. The van der Waals surface area contributed by atoms with E-state index < -0.39 is 4.92 Å². The van der Waals surface area contributed by atoms with Gasteiger partial charge in [0.1, 0.15) is 0 Å². The smallest absolute Gasteiger partial charge is 0.270 e. The molecule has 104 valence electrons. The van der Waals surface area contributed by atoms with Crippen molar-refractivity contribution in [1.29, 1.82) is 0 Å². The molecular formula is C14H8ClN3O3. The van der Waals surface area contributed by atoms with Crippen molar-refractivity contribution in [3.05, 3.63) is 63.7 Å². The predicted molar refractivity (Wildman–Crippen MR) is 76.8 cm³/mol. The van der Waals surface area contributed by atoms with Crippen LogP contribution in [-0.4, -0.2) is 15.1 Å². The number of hydrogen-bond acceptors (Lipinski definition) is 5. The highest BCUT2D eigenvalue weighted by molar-refractivity contribution is 6.30. The van der Waals surface area contributed by atoms with Crippen LogP contribution < -0.4 is 0 Å². The summed E-state index contributed by atoms with van der Waals surface area (Å²) in [4.78, 5) is 14.5. The van der Waals surface area contributed by atoms with E-state index in [9.17, 15) is 10.1 Å².